The monoisotopic (exact) mass is 376 g/mol. The van der Waals surface area contributed by atoms with Crippen LogP contribution in [0.15, 0.2) is 35.1 Å². The first kappa shape index (κ1) is 18.8. The molecular weight excluding hydrogens is 355 g/mol. The smallest absolute Gasteiger partial charge is 0.237 e. The highest BCUT2D eigenvalue weighted by molar-refractivity contribution is 5.88. The molecule has 1 aromatic heterocycles. The number of aromatic nitrogens is 1. The number of rotatable bonds is 7. The minimum atomic E-state index is -0.669. The molecule has 0 aliphatic carbocycles. The molecule has 144 valence electrons. The van der Waals surface area contributed by atoms with E-state index in [2.05, 4.69) is 15.8 Å². The second-order valence-electron chi connectivity index (χ2n) is 6.21. The third-order valence-electron chi connectivity index (χ3n) is 4.41. The van der Waals surface area contributed by atoms with Crippen molar-refractivity contribution in [1.82, 2.24) is 20.7 Å². The zero-order valence-electron chi connectivity index (χ0n) is 14.9. The Morgan fingerprint density at radius 3 is 3.04 bits per heavy atom. The van der Waals surface area contributed by atoms with E-state index in [1.165, 1.54) is 19.4 Å². The number of hydrogen-bond acceptors (Lipinski definition) is 6. The number of benzene rings is 1. The van der Waals surface area contributed by atoms with Crippen molar-refractivity contribution < 1.29 is 23.2 Å². The van der Waals surface area contributed by atoms with Crippen LogP contribution in [0.25, 0.3) is 0 Å². The second-order valence-corrected chi connectivity index (χ2v) is 6.21. The van der Waals surface area contributed by atoms with Gasteiger partial charge in [0, 0.05) is 37.3 Å². The fourth-order valence-corrected chi connectivity index (χ4v) is 2.94. The van der Waals surface area contributed by atoms with Crippen LogP contribution in [0.4, 0.5) is 4.39 Å². The molecule has 1 unspecified atom stereocenters. The highest BCUT2D eigenvalue weighted by Crippen LogP contribution is 2.20. The van der Waals surface area contributed by atoms with Crippen LogP contribution in [0.1, 0.15) is 17.7 Å². The zero-order chi connectivity index (χ0) is 19.2. The van der Waals surface area contributed by atoms with Gasteiger partial charge in [-0.3, -0.25) is 14.5 Å². The van der Waals surface area contributed by atoms with Gasteiger partial charge in [-0.1, -0.05) is 11.2 Å². The lowest BCUT2D eigenvalue weighted by molar-refractivity contribution is -0.134. The Kier molecular flexibility index (Phi) is 6.02. The molecule has 2 heterocycles. The highest BCUT2D eigenvalue weighted by Gasteiger charge is 2.32. The molecule has 1 aliphatic rings. The van der Waals surface area contributed by atoms with Crippen LogP contribution in [0.5, 0.6) is 5.75 Å². The van der Waals surface area contributed by atoms with Crippen molar-refractivity contribution in [3.63, 3.8) is 0 Å². The average molecular weight is 376 g/mol. The predicted molar refractivity (Wildman–Crippen MR) is 93.1 cm³/mol. The van der Waals surface area contributed by atoms with Crippen molar-refractivity contribution in [3.05, 3.63) is 47.6 Å². The molecule has 2 N–H and O–H groups in total. The maximum atomic E-state index is 14.3. The van der Waals surface area contributed by atoms with Gasteiger partial charge in [0.2, 0.25) is 11.8 Å². The Morgan fingerprint density at radius 2 is 2.33 bits per heavy atom. The number of amides is 2. The number of nitrogens with one attached hydrogen (secondary N) is 2. The standard InChI is InChI=1S/C18H21FN4O4/c1-26-14-3-2-12(15(19)8-14)11-23-6-5-20-18(25)16(23)9-17(24)21-10-13-4-7-27-22-13/h2-4,7-8,16H,5-6,9-11H2,1H3,(H,20,25)(H,21,24). The number of carbonyl (C=O) groups excluding carboxylic acids is 2. The van der Waals surface area contributed by atoms with Crippen LogP contribution in [0, 0.1) is 5.82 Å². The Labute approximate surface area is 155 Å². The first-order valence-corrected chi connectivity index (χ1v) is 8.57. The number of hydrogen-bond donors (Lipinski definition) is 2. The largest absolute Gasteiger partial charge is 0.497 e. The molecule has 1 aliphatic heterocycles. The lowest BCUT2D eigenvalue weighted by Gasteiger charge is -2.34. The molecular formula is C18H21FN4O4. The number of methoxy groups -OCH3 is 1. The van der Waals surface area contributed by atoms with Crippen LogP contribution in [-0.2, 0) is 22.7 Å². The van der Waals surface area contributed by atoms with Crippen LogP contribution in [-0.4, -0.2) is 48.1 Å². The van der Waals surface area contributed by atoms with Gasteiger partial charge >= 0.3 is 0 Å². The van der Waals surface area contributed by atoms with Crippen molar-refractivity contribution >= 4 is 11.8 Å². The van der Waals surface area contributed by atoms with E-state index in [1.54, 1.807) is 23.1 Å². The molecule has 3 rings (SSSR count). The maximum absolute atomic E-state index is 14.3. The molecule has 1 aromatic carbocycles. The summed E-state index contributed by atoms with van der Waals surface area (Å²) in [7, 11) is 1.47. The van der Waals surface area contributed by atoms with E-state index in [9.17, 15) is 14.0 Å². The molecule has 0 spiro atoms. The second kappa shape index (κ2) is 8.63. The third-order valence-corrected chi connectivity index (χ3v) is 4.41. The zero-order valence-corrected chi connectivity index (χ0v) is 14.9. The first-order valence-electron chi connectivity index (χ1n) is 8.57. The Hall–Kier alpha value is -2.94. The number of carbonyl (C=O) groups is 2. The third kappa shape index (κ3) is 4.82. The molecule has 1 saturated heterocycles. The van der Waals surface area contributed by atoms with Crippen molar-refractivity contribution in [3.8, 4) is 5.75 Å². The van der Waals surface area contributed by atoms with Gasteiger partial charge < -0.3 is 19.9 Å². The summed E-state index contributed by atoms with van der Waals surface area (Å²) in [6.45, 7) is 1.42. The van der Waals surface area contributed by atoms with E-state index in [4.69, 9.17) is 9.26 Å². The minimum absolute atomic E-state index is 0.0263. The summed E-state index contributed by atoms with van der Waals surface area (Å²) in [6.07, 6.45) is 1.39. The molecule has 2 aromatic rings. The molecule has 8 nitrogen and oxygen atoms in total. The van der Waals surface area contributed by atoms with Crippen molar-refractivity contribution in [2.75, 3.05) is 20.2 Å². The number of piperazine rings is 1. The summed E-state index contributed by atoms with van der Waals surface area (Å²) >= 11 is 0. The van der Waals surface area contributed by atoms with E-state index in [1.807, 2.05) is 0 Å². The molecule has 0 bridgehead atoms. The van der Waals surface area contributed by atoms with E-state index >= 15 is 0 Å². The highest BCUT2D eigenvalue weighted by atomic mass is 19.1. The predicted octanol–water partition coefficient (Wildman–Crippen LogP) is 0.829. The molecule has 2 amide bonds. The summed E-state index contributed by atoms with van der Waals surface area (Å²) in [5, 5.41) is 9.17. The van der Waals surface area contributed by atoms with E-state index in [-0.39, 0.29) is 31.3 Å². The number of ether oxygens (including phenoxy) is 1. The Balaban J connectivity index is 1.64. The van der Waals surface area contributed by atoms with Gasteiger partial charge in [0.15, 0.2) is 0 Å². The van der Waals surface area contributed by atoms with E-state index in [0.717, 1.165) is 0 Å². The van der Waals surface area contributed by atoms with Crippen LogP contribution in [0.3, 0.4) is 0 Å². The van der Waals surface area contributed by atoms with Crippen LogP contribution >= 0.6 is 0 Å². The molecule has 1 atom stereocenters. The summed E-state index contributed by atoms with van der Waals surface area (Å²) in [5.74, 6) is -0.516. The van der Waals surface area contributed by atoms with E-state index in [0.29, 0.717) is 30.1 Å². The first-order chi connectivity index (χ1) is 13.1. The lowest BCUT2D eigenvalue weighted by Crippen LogP contribution is -2.56. The van der Waals surface area contributed by atoms with Crippen LogP contribution in [0.2, 0.25) is 0 Å². The summed E-state index contributed by atoms with van der Waals surface area (Å²) < 4.78 is 24.0. The van der Waals surface area contributed by atoms with Gasteiger partial charge in [0.25, 0.3) is 0 Å². The van der Waals surface area contributed by atoms with Gasteiger partial charge in [-0.05, 0) is 6.07 Å². The van der Waals surface area contributed by atoms with E-state index < -0.39 is 11.9 Å². The normalized spacial score (nSPS) is 17.4. The molecule has 0 saturated carbocycles. The maximum Gasteiger partial charge on any atom is 0.237 e. The van der Waals surface area contributed by atoms with Crippen molar-refractivity contribution in [2.24, 2.45) is 0 Å². The molecule has 27 heavy (non-hydrogen) atoms. The molecule has 0 radical (unpaired) electrons. The van der Waals surface area contributed by atoms with Gasteiger partial charge in [-0.25, -0.2) is 4.39 Å². The van der Waals surface area contributed by atoms with Crippen LogP contribution < -0.4 is 15.4 Å². The number of nitrogens with zero attached hydrogens (tertiary/aromatic N) is 2. The Bertz CT molecular complexity index is 797. The van der Waals surface area contributed by atoms with Gasteiger partial charge in [-0.15, -0.1) is 0 Å². The van der Waals surface area contributed by atoms with Crippen molar-refractivity contribution in [2.45, 2.75) is 25.6 Å². The van der Waals surface area contributed by atoms with Crippen molar-refractivity contribution in [1.29, 1.82) is 0 Å². The fraction of sp³-hybridized carbons (Fsp3) is 0.389. The summed E-state index contributed by atoms with van der Waals surface area (Å²) in [4.78, 5) is 26.3. The average Bonchev–Trinajstić information content (AvgIpc) is 3.18. The quantitative estimate of drug-likeness (QED) is 0.743. The van der Waals surface area contributed by atoms with Gasteiger partial charge in [0.05, 0.1) is 26.1 Å². The SMILES string of the molecule is COc1ccc(CN2CCNC(=O)C2CC(=O)NCc2ccon2)c(F)c1. The minimum Gasteiger partial charge on any atom is -0.497 e. The Morgan fingerprint density at radius 1 is 1.48 bits per heavy atom. The summed E-state index contributed by atoms with van der Waals surface area (Å²) in [6, 6.07) is 5.58. The molecule has 9 heteroatoms. The topological polar surface area (TPSA) is 96.7 Å². The number of halogens is 1. The molecule has 1 fully saturated rings. The summed E-state index contributed by atoms with van der Waals surface area (Å²) in [5.41, 5.74) is 1.03. The lowest BCUT2D eigenvalue weighted by atomic mass is 10.1. The van der Waals surface area contributed by atoms with Gasteiger partial charge in [-0.2, -0.15) is 0 Å². The fourth-order valence-electron chi connectivity index (χ4n) is 2.94. The van der Waals surface area contributed by atoms with Gasteiger partial charge in [0.1, 0.15) is 23.5 Å².